The number of hydrogen-bond donors (Lipinski definition) is 3. The molecule has 1 aliphatic heterocycles. The van der Waals surface area contributed by atoms with Crippen LogP contribution in [0.5, 0.6) is 11.5 Å². The number of likely N-dealkylation sites (tertiary alicyclic amines) is 1. The summed E-state index contributed by atoms with van der Waals surface area (Å²) < 4.78 is 11.7. The molecule has 0 spiro atoms. The zero-order valence-corrected chi connectivity index (χ0v) is 21.8. The third-order valence-corrected chi connectivity index (χ3v) is 6.11. The number of carbonyl (C=O) groups is 1. The molecule has 180 valence electrons. The van der Waals surface area contributed by atoms with Crippen LogP contribution in [0.15, 0.2) is 23.2 Å². The number of likely N-dealkylation sites (N-methyl/N-ethyl adjacent to an activating group) is 1. The molecule has 0 atom stereocenters. The smallest absolute Gasteiger partial charge is 0.233 e. The number of carbonyl (C=O) groups excluding carboxylic acids is 1. The van der Waals surface area contributed by atoms with E-state index in [1.54, 1.807) is 21.2 Å². The van der Waals surface area contributed by atoms with E-state index in [2.05, 4.69) is 31.9 Å². The van der Waals surface area contributed by atoms with Crippen LogP contribution in [0.25, 0.3) is 0 Å². The number of ether oxygens (including phenoxy) is 2. The molecule has 8 nitrogen and oxygen atoms in total. The van der Waals surface area contributed by atoms with Crippen LogP contribution in [-0.4, -0.2) is 69.8 Å². The van der Waals surface area contributed by atoms with E-state index in [0.717, 1.165) is 61.8 Å². The summed E-state index contributed by atoms with van der Waals surface area (Å²) in [6.45, 7) is 2.90. The van der Waals surface area contributed by atoms with E-state index in [9.17, 15) is 4.79 Å². The number of guanidine groups is 1. The van der Waals surface area contributed by atoms with Gasteiger partial charge in [-0.3, -0.25) is 14.7 Å². The fraction of sp³-hybridized carbons (Fsp3) is 0.652. The highest BCUT2D eigenvalue weighted by molar-refractivity contribution is 14.0. The normalized spacial score (nSPS) is 18.0. The first-order chi connectivity index (χ1) is 15.1. The first-order valence-corrected chi connectivity index (χ1v) is 11.3. The van der Waals surface area contributed by atoms with Crippen molar-refractivity contribution in [1.82, 2.24) is 20.9 Å². The van der Waals surface area contributed by atoms with Crippen molar-refractivity contribution in [1.29, 1.82) is 0 Å². The van der Waals surface area contributed by atoms with Crippen LogP contribution in [0.1, 0.15) is 44.1 Å². The predicted octanol–water partition coefficient (Wildman–Crippen LogP) is 2.51. The maximum absolute atomic E-state index is 11.6. The summed E-state index contributed by atoms with van der Waals surface area (Å²) in [6.07, 6.45) is 6.97. The summed E-state index contributed by atoms with van der Waals surface area (Å²) >= 11 is 0. The molecule has 32 heavy (non-hydrogen) atoms. The van der Waals surface area contributed by atoms with Crippen molar-refractivity contribution in [3.63, 3.8) is 0 Å². The van der Waals surface area contributed by atoms with Crippen LogP contribution in [0.3, 0.4) is 0 Å². The molecule has 9 heteroatoms. The largest absolute Gasteiger partial charge is 0.497 e. The van der Waals surface area contributed by atoms with Gasteiger partial charge in [0.2, 0.25) is 5.91 Å². The minimum absolute atomic E-state index is 0. The molecule has 0 radical (unpaired) electrons. The molecule has 1 aromatic carbocycles. The van der Waals surface area contributed by atoms with E-state index in [4.69, 9.17) is 9.47 Å². The van der Waals surface area contributed by atoms with Crippen molar-refractivity contribution in [3.8, 4) is 11.5 Å². The van der Waals surface area contributed by atoms with E-state index in [0.29, 0.717) is 25.2 Å². The molecular formula is C23H38IN5O3. The average molecular weight is 559 g/mol. The molecule has 1 amide bonds. The predicted molar refractivity (Wildman–Crippen MR) is 138 cm³/mol. The fourth-order valence-corrected chi connectivity index (χ4v) is 4.19. The second kappa shape index (κ2) is 13.7. The van der Waals surface area contributed by atoms with Gasteiger partial charge < -0.3 is 25.4 Å². The van der Waals surface area contributed by atoms with Gasteiger partial charge in [0.05, 0.1) is 19.8 Å². The van der Waals surface area contributed by atoms with Gasteiger partial charge in [0.1, 0.15) is 11.5 Å². The first-order valence-electron chi connectivity index (χ1n) is 11.3. The Bertz CT molecular complexity index is 747. The van der Waals surface area contributed by atoms with Crippen molar-refractivity contribution >= 4 is 35.8 Å². The lowest BCUT2D eigenvalue weighted by Gasteiger charge is -2.32. The topological polar surface area (TPSA) is 87.2 Å². The van der Waals surface area contributed by atoms with E-state index >= 15 is 0 Å². The van der Waals surface area contributed by atoms with Crippen molar-refractivity contribution in [2.75, 3.05) is 40.8 Å². The Morgan fingerprint density at radius 3 is 2.53 bits per heavy atom. The van der Waals surface area contributed by atoms with E-state index < -0.39 is 0 Å². The molecule has 0 aromatic heterocycles. The first kappa shape index (κ1) is 26.5. The molecule has 3 N–H and O–H groups in total. The van der Waals surface area contributed by atoms with Gasteiger partial charge in [0.25, 0.3) is 0 Å². The van der Waals surface area contributed by atoms with Gasteiger partial charge in [-0.1, -0.05) is 0 Å². The Balaban J connectivity index is 0.00000363. The number of hydrogen-bond acceptors (Lipinski definition) is 5. The Kier molecular flexibility index (Phi) is 11.4. The minimum Gasteiger partial charge on any atom is -0.497 e. The number of piperidine rings is 1. The maximum Gasteiger partial charge on any atom is 0.233 e. The molecule has 1 saturated carbocycles. The van der Waals surface area contributed by atoms with Crippen molar-refractivity contribution in [3.05, 3.63) is 23.8 Å². The Labute approximate surface area is 208 Å². The van der Waals surface area contributed by atoms with Crippen LogP contribution in [0.2, 0.25) is 0 Å². The Hall–Kier alpha value is -1.75. The summed E-state index contributed by atoms with van der Waals surface area (Å²) in [5, 5.41) is 9.64. The Morgan fingerprint density at radius 2 is 1.91 bits per heavy atom. The SMILES string of the molecule is CN=C(NCc1ccc(OC)cc1OC1CCCC1)NC1CCN(CC(=O)NC)CC1.I. The number of methoxy groups -OCH3 is 1. The van der Waals surface area contributed by atoms with Crippen LogP contribution in [-0.2, 0) is 11.3 Å². The summed E-state index contributed by atoms with van der Waals surface area (Å²) in [4.78, 5) is 18.2. The Morgan fingerprint density at radius 1 is 1.19 bits per heavy atom. The summed E-state index contributed by atoms with van der Waals surface area (Å²) in [7, 11) is 5.15. The lowest BCUT2D eigenvalue weighted by Crippen LogP contribution is -2.49. The van der Waals surface area contributed by atoms with Gasteiger partial charge in [0.15, 0.2) is 5.96 Å². The number of rotatable bonds is 8. The minimum atomic E-state index is 0. The van der Waals surface area contributed by atoms with Gasteiger partial charge in [0, 0.05) is 51.4 Å². The standard InChI is InChI=1S/C23H37N5O3.HI/c1-24-22(29)16-28-12-10-18(11-13-28)27-23(25-2)26-15-17-8-9-20(30-3)14-21(17)31-19-6-4-5-7-19;/h8-9,14,18-19H,4-7,10-13,15-16H2,1-3H3,(H,24,29)(H2,25,26,27);1H. The van der Waals surface area contributed by atoms with E-state index in [-0.39, 0.29) is 29.9 Å². The summed E-state index contributed by atoms with van der Waals surface area (Å²) in [5.41, 5.74) is 1.09. The number of halogens is 1. The molecule has 2 aliphatic rings. The lowest BCUT2D eigenvalue weighted by atomic mass is 10.1. The number of benzene rings is 1. The maximum atomic E-state index is 11.6. The van der Waals surface area contributed by atoms with Crippen LogP contribution in [0.4, 0.5) is 0 Å². The average Bonchev–Trinajstić information content (AvgIpc) is 3.31. The number of amides is 1. The number of aliphatic imine (C=N–C) groups is 1. The highest BCUT2D eigenvalue weighted by Gasteiger charge is 2.22. The number of nitrogens with zero attached hydrogens (tertiary/aromatic N) is 2. The zero-order chi connectivity index (χ0) is 22.1. The van der Waals surface area contributed by atoms with Crippen molar-refractivity contribution in [2.24, 2.45) is 4.99 Å². The van der Waals surface area contributed by atoms with Gasteiger partial charge in [-0.25, -0.2) is 0 Å². The zero-order valence-electron chi connectivity index (χ0n) is 19.5. The molecule has 1 aliphatic carbocycles. The molecule has 0 bridgehead atoms. The molecule has 1 aromatic rings. The third-order valence-electron chi connectivity index (χ3n) is 6.11. The second-order valence-electron chi connectivity index (χ2n) is 8.29. The van der Waals surface area contributed by atoms with Gasteiger partial charge in [-0.2, -0.15) is 0 Å². The molecule has 1 heterocycles. The van der Waals surface area contributed by atoms with Gasteiger partial charge in [-0.15, -0.1) is 24.0 Å². The second-order valence-corrected chi connectivity index (χ2v) is 8.29. The third kappa shape index (κ3) is 7.99. The van der Waals surface area contributed by atoms with Crippen LogP contribution < -0.4 is 25.4 Å². The van der Waals surface area contributed by atoms with Crippen molar-refractivity contribution < 1.29 is 14.3 Å². The van der Waals surface area contributed by atoms with Crippen LogP contribution >= 0.6 is 24.0 Å². The van der Waals surface area contributed by atoms with Gasteiger partial charge in [-0.05, 0) is 50.7 Å². The van der Waals surface area contributed by atoms with E-state index in [1.807, 2.05) is 12.1 Å². The van der Waals surface area contributed by atoms with Gasteiger partial charge >= 0.3 is 0 Å². The van der Waals surface area contributed by atoms with E-state index in [1.165, 1.54) is 12.8 Å². The molecule has 0 unspecified atom stereocenters. The summed E-state index contributed by atoms with van der Waals surface area (Å²) in [5.74, 6) is 2.55. The molecular weight excluding hydrogens is 521 g/mol. The summed E-state index contributed by atoms with van der Waals surface area (Å²) in [6, 6.07) is 6.35. The number of nitrogens with one attached hydrogen (secondary N) is 3. The highest BCUT2D eigenvalue weighted by atomic mass is 127. The van der Waals surface area contributed by atoms with Crippen LogP contribution in [0, 0.1) is 0 Å². The monoisotopic (exact) mass is 559 g/mol. The lowest BCUT2D eigenvalue weighted by molar-refractivity contribution is -0.122. The molecule has 2 fully saturated rings. The quantitative estimate of drug-likeness (QED) is 0.258. The highest BCUT2D eigenvalue weighted by Crippen LogP contribution is 2.30. The fourth-order valence-electron chi connectivity index (χ4n) is 4.19. The van der Waals surface area contributed by atoms with Crippen molar-refractivity contribution in [2.45, 2.75) is 57.2 Å². The molecule has 3 rings (SSSR count). The molecule has 1 saturated heterocycles.